The largest absolute Gasteiger partial charge is 0.507 e. The van der Waals surface area contributed by atoms with Crippen molar-refractivity contribution in [1.82, 2.24) is 9.88 Å². The monoisotopic (exact) mass is 228 g/mol. The van der Waals surface area contributed by atoms with Crippen LogP contribution >= 0.6 is 0 Å². The van der Waals surface area contributed by atoms with Crippen molar-refractivity contribution in [3.8, 4) is 5.75 Å². The molecule has 0 unspecified atom stereocenters. The smallest absolute Gasteiger partial charge is 0.125 e. The van der Waals surface area contributed by atoms with E-state index >= 15 is 0 Å². The van der Waals surface area contributed by atoms with Gasteiger partial charge in [0.1, 0.15) is 5.75 Å². The molecular weight excluding hydrogens is 212 g/mol. The number of nitrogens with one attached hydrogen (secondary N) is 1. The van der Waals surface area contributed by atoms with E-state index in [-0.39, 0.29) is 0 Å². The quantitative estimate of drug-likeness (QED) is 0.787. The van der Waals surface area contributed by atoms with Gasteiger partial charge in [0.05, 0.1) is 0 Å². The lowest BCUT2D eigenvalue weighted by Gasteiger charge is -2.21. The molecule has 2 heterocycles. The van der Waals surface area contributed by atoms with Crippen LogP contribution in [0.25, 0.3) is 16.5 Å². The Morgan fingerprint density at radius 1 is 1.35 bits per heavy atom. The molecule has 1 aliphatic heterocycles. The summed E-state index contributed by atoms with van der Waals surface area (Å²) in [5.41, 5.74) is 3.47. The molecule has 0 atom stereocenters. The van der Waals surface area contributed by atoms with E-state index in [9.17, 15) is 5.11 Å². The van der Waals surface area contributed by atoms with Gasteiger partial charge in [-0.15, -0.1) is 0 Å². The summed E-state index contributed by atoms with van der Waals surface area (Å²) >= 11 is 0. The van der Waals surface area contributed by atoms with E-state index in [1.807, 2.05) is 18.3 Å². The number of aromatic hydroxyl groups is 1. The molecule has 2 N–H and O–H groups in total. The molecule has 0 bridgehead atoms. The molecule has 3 rings (SSSR count). The van der Waals surface area contributed by atoms with Crippen LogP contribution in [0.2, 0.25) is 0 Å². The minimum atomic E-state index is 0.360. The molecule has 0 aliphatic carbocycles. The third kappa shape index (κ3) is 1.72. The first-order chi connectivity index (χ1) is 8.25. The zero-order chi connectivity index (χ0) is 11.8. The summed E-state index contributed by atoms with van der Waals surface area (Å²) < 4.78 is 0. The maximum atomic E-state index is 9.97. The second-order valence-corrected chi connectivity index (χ2v) is 4.64. The van der Waals surface area contributed by atoms with Crippen molar-refractivity contribution in [3.63, 3.8) is 0 Å². The lowest BCUT2D eigenvalue weighted by Crippen LogP contribution is -2.23. The van der Waals surface area contributed by atoms with Crippen LogP contribution in [0.4, 0.5) is 0 Å². The van der Waals surface area contributed by atoms with Crippen molar-refractivity contribution in [2.75, 3.05) is 20.1 Å². The first-order valence-electron chi connectivity index (χ1n) is 5.93. The van der Waals surface area contributed by atoms with Crippen molar-refractivity contribution in [1.29, 1.82) is 0 Å². The van der Waals surface area contributed by atoms with Crippen molar-refractivity contribution in [2.45, 2.75) is 6.42 Å². The Kier molecular flexibility index (Phi) is 2.41. The maximum Gasteiger partial charge on any atom is 0.125 e. The van der Waals surface area contributed by atoms with Crippen LogP contribution in [-0.2, 0) is 0 Å². The average molecular weight is 228 g/mol. The number of nitrogens with zero attached hydrogens (tertiary/aromatic N) is 1. The van der Waals surface area contributed by atoms with Crippen molar-refractivity contribution in [3.05, 3.63) is 36.0 Å². The average Bonchev–Trinajstić information content (AvgIpc) is 2.75. The molecule has 1 aliphatic rings. The normalized spacial score (nSPS) is 17.4. The van der Waals surface area contributed by atoms with Gasteiger partial charge in [0.15, 0.2) is 0 Å². The Labute approximate surface area is 100 Å². The number of rotatable bonds is 1. The molecule has 17 heavy (non-hydrogen) atoms. The summed E-state index contributed by atoms with van der Waals surface area (Å²) in [6.07, 6.45) is 5.29. The lowest BCUT2D eigenvalue weighted by molar-refractivity contribution is 0.370. The van der Waals surface area contributed by atoms with Crippen LogP contribution < -0.4 is 0 Å². The molecule has 2 aromatic rings. The molecule has 0 saturated heterocycles. The highest BCUT2D eigenvalue weighted by molar-refractivity contribution is 5.96. The van der Waals surface area contributed by atoms with Crippen LogP contribution in [0.1, 0.15) is 12.0 Å². The van der Waals surface area contributed by atoms with Gasteiger partial charge in [-0.2, -0.15) is 0 Å². The Morgan fingerprint density at radius 2 is 2.24 bits per heavy atom. The molecule has 0 fully saturated rings. The number of phenolic OH excluding ortho intramolecular Hbond substituents is 1. The van der Waals surface area contributed by atoms with Crippen LogP contribution in [0.15, 0.2) is 30.5 Å². The predicted octanol–water partition coefficient (Wildman–Crippen LogP) is 2.59. The number of aromatic nitrogens is 1. The van der Waals surface area contributed by atoms with Crippen molar-refractivity contribution < 1.29 is 5.11 Å². The molecule has 0 amide bonds. The highest BCUT2D eigenvalue weighted by Crippen LogP contribution is 2.34. The summed E-state index contributed by atoms with van der Waals surface area (Å²) in [6, 6.07) is 5.60. The maximum absolute atomic E-state index is 9.97. The molecule has 1 aromatic heterocycles. The van der Waals surface area contributed by atoms with Crippen LogP contribution in [-0.4, -0.2) is 35.1 Å². The number of fused-ring (bicyclic) bond motifs is 1. The van der Waals surface area contributed by atoms with Gasteiger partial charge in [0.2, 0.25) is 0 Å². The SMILES string of the molecule is CN1CC=C(c2c[nH]c3cccc(O)c23)CC1. The Hall–Kier alpha value is -1.74. The Bertz CT molecular complexity index is 583. The standard InChI is InChI=1S/C14H16N2O/c1-16-7-5-10(6-8-16)11-9-15-12-3-2-4-13(17)14(11)12/h2-5,9,15,17H,6-8H2,1H3. The summed E-state index contributed by atoms with van der Waals surface area (Å²) in [5.74, 6) is 0.360. The fourth-order valence-electron chi connectivity index (χ4n) is 2.43. The van der Waals surface area contributed by atoms with Gasteiger partial charge >= 0.3 is 0 Å². The van der Waals surface area contributed by atoms with Gasteiger partial charge in [-0.05, 0) is 31.2 Å². The number of likely N-dealkylation sites (N-methyl/N-ethyl adjacent to an activating group) is 1. The molecule has 1 aromatic carbocycles. The van der Waals surface area contributed by atoms with E-state index in [0.29, 0.717) is 5.75 Å². The second-order valence-electron chi connectivity index (χ2n) is 4.64. The zero-order valence-corrected chi connectivity index (χ0v) is 9.90. The molecule has 3 heteroatoms. The molecule has 0 saturated carbocycles. The van der Waals surface area contributed by atoms with Gasteiger partial charge in [-0.25, -0.2) is 0 Å². The number of hydrogen-bond donors (Lipinski definition) is 2. The van der Waals surface area contributed by atoms with Crippen LogP contribution in [0, 0.1) is 0 Å². The van der Waals surface area contributed by atoms with E-state index in [1.165, 1.54) is 5.57 Å². The van der Waals surface area contributed by atoms with E-state index in [2.05, 4.69) is 23.0 Å². The highest BCUT2D eigenvalue weighted by atomic mass is 16.3. The number of phenols is 1. The van der Waals surface area contributed by atoms with E-state index < -0.39 is 0 Å². The minimum Gasteiger partial charge on any atom is -0.507 e. The lowest BCUT2D eigenvalue weighted by atomic mass is 9.99. The first-order valence-corrected chi connectivity index (χ1v) is 5.93. The van der Waals surface area contributed by atoms with E-state index in [4.69, 9.17) is 0 Å². The molecule has 3 nitrogen and oxygen atoms in total. The Balaban J connectivity index is 2.12. The molecular formula is C14H16N2O. The topological polar surface area (TPSA) is 39.3 Å². The van der Waals surface area contributed by atoms with E-state index in [0.717, 1.165) is 36.0 Å². The van der Waals surface area contributed by atoms with Gasteiger partial charge in [-0.3, -0.25) is 0 Å². The fourth-order valence-corrected chi connectivity index (χ4v) is 2.43. The van der Waals surface area contributed by atoms with Crippen molar-refractivity contribution >= 4 is 16.5 Å². The van der Waals surface area contributed by atoms with Gasteiger partial charge in [0, 0.05) is 35.8 Å². The third-order valence-corrected chi connectivity index (χ3v) is 3.44. The van der Waals surface area contributed by atoms with E-state index in [1.54, 1.807) is 6.07 Å². The second kappa shape index (κ2) is 3.93. The molecule has 0 spiro atoms. The summed E-state index contributed by atoms with van der Waals surface area (Å²) in [4.78, 5) is 5.51. The fraction of sp³-hybridized carbons (Fsp3) is 0.286. The molecule has 0 radical (unpaired) electrons. The number of aromatic amines is 1. The highest BCUT2D eigenvalue weighted by Gasteiger charge is 2.15. The summed E-state index contributed by atoms with van der Waals surface area (Å²) in [5, 5.41) is 10.9. The first kappa shape index (κ1) is 10.4. The minimum absolute atomic E-state index is 0.360. The number of hydrogen-bond acceptors (Lipinski definition) is 2. The molecule has 88 valence electrons. The number of H-pyrrole nitrogens is 1. The zero-order valence-electron chi connectivity index (χ0n) is 9.90. The summed E-state index contributed by atoms with van der Waals surface area (Å²) in [7, 11) is 2.12. The Morgan fingerprint density at radius 3 is 3.00 bits per heavy atom. The number of benzene rings is 1. The predicted molar refractivity (Wildman–Crippen MR) is 70.1 cm³/mol. The van der Waals surface area contributed by atoms with Crippen LogP contribution in [0.5, 0.6) is 5.75 Å². The van der Waals surface area contributed by atoms with Crippen molar-refractivity contribution in [2.24, 2.45) is 0 Å². The summed E-state index contributed by atoms with van der Waals surface area (Å²) in [6.45, 7) is 2.06. The van der Waals surface area contributed by atoms with Crippen LogP contribution in [0.3, 0.4) is 0 Å². The van der Waals surface area contributed by atoms with Gasteiger partial charge < -0.3 is 15.0 Å². The van der Waals surface area contributed by atoms with Gasteiger partial charge in [0.25, 0.3) is 0 Å². The third-order valence-electron chi connectivity index (χ3n) is 3.44. The van der Waals surface area contributed by atoms with Gasteiger partial charge in [-0.1, -0.05) is 12.1 Å².